The number of aliphatic hydroxyl groups excluding tert-OH is 1. The average molecular weight is 374 g/mol. The molecule has 0 bridgehead atoms. The first-order valence-electron chi connectivity index (χ1n) is 7.90. The van der Waals surface area contributed by atoms with Crippen LogP contribution in [0.15, 0.2) is 64.1 Å². The average Bonchev–Trinajstić information content (AvgIpc) is 3.29. The second-order valence-electron chi connectivity index (χ2n) is 5.97. The van der Waals surface area contributed by atoms with Gasteiger partial charge in [-0.25, -0.2) is 0 Å². The third kappa shape index (κ3) is 2.93. The van der Waals surface area contributed by atoms with Gasteiger partial charge in [-0.1, -0.05) is 6.07 Å². The first-order valence-corrected chi connectivity index (χ1v) is 7.90. The number of fused-ring (bicyclic) bond motifs is 1. The van der Waals surface area contributed by atoms with Crippen molar-refractivity contribution in [3.05, 3.63) is 72.1 Å². The fraction of sp³-hybridized carbons (Fsp3) is 0.105. The fourth-order valence-electron chi connectivity index (χ4n) is 2.97. The van der Waals surface area contributed by atoms with E-state index >= 15 is 0 Å². The zero-order valence-electron chi connectivity index (χ0n) is 13.7. The smallest absolute Gasteiger partial charge is 0.416 e. The first kappa shape index (κ1) is 17.2. The number of alkyl halides is 3. The van der Waals surface area contributed by atoms with E-state index in [9.17, 15) is 18.3 Å². The second kappa shape index (κ2) is 6.17. The van der Waals surface area contributed by atoms with E-state index in [-0.39, 0.29) is 11.4 Å². The Kier molecular flexibility index (Phi) is 3.92. The van der Waals surface area contributed by atoms with Crippen LogP contribution >= 0.6 is 0 Å². The van der Waals surface area contributed by atoms with Crippen LogP contribution in [0.4, 0.5) is 18.9 Å². The molecule has 0 fully saturated rings. The lowest BCUT2D eigenvalue weighted by molar-refractivity contribution is -0.139. The maximum Gasteiger partial charge on any atom is 0.416 e. The highest BCUT2D eigenvalue weighted by molar-refractivity contribution is 5.94. The monoisotopic (exact) mass is 374 g/mol. The Morgan fingerprint density at radius 3 is 2.63 bits per heavy atom. The number of nitrogens with two attached hydrogens (primary N) is 1. The number of rotatable bonds is 3. The molecule has 5 nitrogen and oxygen atoms in total. The van der Waals surface area contributed by atoms with Crippen molar-refractivity contribution < 1.29 is 27.1 Å². The first-order chi connectivity index (χ1) is 12.9. The Balaban J connectivity index is 1.82. The summed E-state index contributed by atoms with van der Waals surface area (Å²) in [6.07, 6.45) is -1.31. The lowest BCUT2D eigenvalue weighted by Gasteiger charge is -2.15. The molecule has 0 aliphatic carbocycles. The van der Waals surface area contributed by atoms with E-state index in [1.807, 2.05) is 0 Å². The number of nitrogen functional groups attached to an aromatic ring is 1. The Hall–Kier alpha value is -3.26. The molecule has 0 saturated carbocycles. The lowest BCUT2D eigenvalue weighted by atomic mass is 10.0. The van der Waals surface area contributed by atoms with Crippen LogP contribution in [0.25, 0.3) is 22.1 Å². The number of hydrogen-bond acceptors (Lipinski definition) is 5. The Labute approximate surface area is 150 Å². The molecule has 1 unspecified atom stereocenters. The van der Waals surface area contributed by atoms with Crippen LogP contribution in [-0.2, 0) is 6.18 Å². The molecule has 0 aliphatic heterocycles. The summed E-state index contributed by atoms with van der Waals surface area (Å²) in [5.41, 5.74) is 6.62. The van der Waals surface area contributed by atoms with Gasteiger partial charge in [-0.3, -0.25) is 4.98 Å². The van der Waals surface area contributed by atoms with Gasteiger partial charge < -0.3 is 19.7 Å². The van der Waals surface area contributed by atoms with Gasteiger partial charge in [0, 0.05) is 28.9 Å². The van der Waals surface area contributed by atoms with E-state index in [4.69, 9.17) is 14.6 Å². The number of furan rings is 2. The van der Waals surface area contributed by atoms with Crippen molar-refractivity contribution in [2.45, 2.75) is 12.3 Å². The summed E-state index contributed by atoms with van der Waals surface area (Å²) in [4.78, 5) is 3.68. The van der Waals surface area contributed by atoms with Crippen LogP contribution in [0.1, 0.15) is 23.0 Å². The normalized spacial score (nSPS) is 13.2. The maximum absolute atomic E-state index is 13.2. The molecule has 3 aromatic heterocycles. The molecule has 4 aromatic rings. The fourth-order valence-corrected chi connectivity index (χ4v) is 2.97. The summed E-state index contributed by atoms with van der Waals surface area (Å²) < 4.78 is 50.4. The highest BCUT2D eigenvalue weighted by Crippen LogP contribution is 2.40. The van der Waals surface area contributed by atoms with Gasteiger partial charge in [0.05, 0.1) is 23.8 Å². The van der Waals surface area contributed by atoms with E-state index in [2.05, 4.69) is 4.98 Å². The summed E-state index contributed by atoms with van der Waals surface area (Å²) in [5, 5.41) is 11.0. The van der Waals surface area contributed by atoms with Crippen LogP contribution < -0.4 is 5.73 Å². The van der Waals surface area contributed by atoms with Crippen molar-refractivity contribution in [2.24, 2.45) is 0 Å². The molecular weight excluding hydrogens is 361 g/mol. The highest BCUT2D eigenvalue weighted by atomic mass is 19.4. The summed E-state index contributed by atoms with van der Waals surface area (Å²) >= 11 is 0. The van der Waals surface area contributed by atoms with E-state index in [0.717, 1.165) is 29.6 Å². The minimum Gasteiger partial charge on any atom is -0.472 e. The number of halogens is 3. The van der Waals surface area contributed by atoms with Gasteiger partial charge in [-0.2, -0.15) is 13.2 Å². The third-order valence-corrected chi connectivity index (χ3v) is 4.31. The Morgan fingerprint density at radius 1 is 1.11 bits per heavy atom. The van der Waals surface area contributed by atoms with E-state index in [1.54, 1.807) is 30.5 Å². The number of anilines is 1. The molecule has 138 valence electrons. The molecule has 4 rings (SSSR count). The number of pyridine rings is 1. The highest BCUT2D eigenvalue weighted by Gasteiger charge is 2.36. The number of aromatic nitrogens is 1. The molecule has 1 aromatic carbocycles. The Morgan fingerprint density at radius 2 is 1.93 bits per heavy atom. The molecule has 0 radical (unpaired) electrons. The van der Waals surface area contributed by atoms with Crippen molar-refractivity contribution in [1.82, 2.24) is 4.98 Å². The SMILES string of the molecule is Nc1c(C(O)c2cnccc2C(F)(F)F)oc2cc(-c3ccoc3)ccc12. The zero-order chi connectivity index (χ0) is 19.2. The van der Waals surface area contributed by atoms with Crippen LogP contribution in [0.3, 0.4) is 0 Å². The molecular formula is C19H13F3N2O3. The molecule has 0 saturated heterocycles. The zero-order valence-corrected chi connectivity index (χ0v) is 13.7. The number of hydrogen-bond donors (Lipinski definition) is 2. The summed E-state index contributed by atoms with van der Waals surface area (Å²) in [5.74, 6) is -0.159. The van der Waals surface area contributed by atoms with Crippen molar-refractivity contribution in [3.63, 3.8) is 0 Å². The van der Waals surface area contributed by atoms with Gasteiger partial charge in [0.25, 0.3) is 0 Å². The minimum absolute atomic E-state index is 0.0771. The Bertz CT molecular complexity index is 1100. The quantitative estimate of drug-likeness (QED) is 0.539. The summed E-state index contributed by atoms with van der Waals surface area (Å²) in [7, 11) is 0. The summed E-state index contributed by atoms with van der Waals surface area (Å²) in [6.45, 7) is 0. The van der Waals surface area contributed by atoms with Crippen LogP contribution in [0, 0.1) is 0 Å². The molecule has 0 aliphatic rings. The van der Waals surface area contributed by atoms with Gasteiger partial charge in [-0.05, 0) is 29.8 Å². The molecule has 8 heteroatoms. The largest absolute Gasteiger partial charge is 0.472 e. The number of nitrogens with zero attached hydrogens (tertiary/aromatic N) is 1. The third-order valence-electron chi connectivity index (χ3n) is 4.31. The predicted octanol–water partition coefficient (Wildman–Crippen LogP) is 4.77. The minimum atomic E-state index is -4.64. The molecule has 3 heterocycles. The van der Waals surface area contributed by atoms with Crippen LogP contribution in [0.2, 0.25) is 0 Å². The van der Waals surface area contributed by atoms with Crippen LogP contribution in [-0.4, -0.2) is 10.1 Å². The molecule has 3 N–H and O–H groups in total. The second-order valence-corrected chi connectivity index (χ2v) is 5.97. The van der Waals surface area contributed by atoms with Gasteiger partial charge in [0.1, 0.15) is 11.7 Å². The van der Waals surface area contributed by atoms with Crippen molar-refractivity contribution in [2.75, 3.05) is 5.73 Å². The molecule has 1 atom stereocenters. The molecule has 0 amide bonds. The number of aliphatic hydroxyl groups is 1. The number of benzene rings is 1. The van der Waals surface area contributed by atoms with E-state index in [0.29, 0.717) is 11.0 Å². The maximum atomic E-state index is 13.2. The van der Waals surface area contributed by atoms with Gasteiger partial charge in [-0.15, -0.1) is 0 Å². The van der Waals surface area contributed by atoms with Crippen molar-refractivity contribution in [3.8, 4) is 11.1 Å². The molecule has 27 heavy (non-hydrogen) atoms. The summed E-state index contributed by atoms with van der Waals surface area (Å²) in [6, 6.07) is 7.70. The molecule has 0 spiro atoms. The van der Waals surface area contributed by atoms with Crippen LogP contribution in [0.5, 0.6) is 0 Å². The van der Waals surface area contributed by atoms with E-state index in [1.165, 1.54) is 6.26 Å². The van der Waals surface area contributed by atoms with Gasteiger partial charge >= 0.3 is 6.18 Å². The van der Waals surface area contributed by atoms with E-state index < -0.39 is 23.4 Å². The lowest BCUT2D eigenvalue weighted by Crippen LogP contribution is -2.13. The van der Waals surface area contributed by atoms with Gasteiger partial charge in [0.15, 0.2) is 5.76 Å². The van der Waals surface area contributed by atoms with Gasteiger partial charge in [0.2, 0.25) is 0 Å². The standard InChI is InChI=1S/C19H13F3N2O3/c20-19(21,22)14-3-5-24-8-13(14)17(25)18-16(23)12-2-1-10(7-15(12)27-18)11-4-6-26-9-11/h1-9,17,25H,23H2. The van der Waals surface area contributed by atoms with Crippen molar-refractivity contribution >= 4 is 16.7 Å². The van der Waals surface area contributed by atoms with Crippen molar-refractivity contribution in [1.29, 1.82) is 0 Å². The topological polar surface area (TPSA) is 85.4 Å². The predicted molar refractivity (Wildman–Crippen MR) is 91.6 cm³/mol.